The second-order valence-electron chi connectivity index (χ2n) is 7.27. The fourth-order valence-electron chi connectivity index (χ4n) is 3.41. The molecule has 1 atom stereocenters. The van der Waals surface area contributed by atoms with Gasteiger partial charge in [0.15, 0.2) is 0 Å². The van der Waals surface area contributed by atoms with Crippen molar-refractivity contribution in [3.63, 3.8) is 0 Å². The molecule has 1 N–H and O–H groups in total. The van der Waals surface area contributed by atoms with E-state index in [1.54, 1.807) is 44.0 Å². The van der Waals surface area contributed by atoms with Crippen LogP contribution in [0.3, 0.4) is 0 Å². The Morgan fingerprint density at radius 3 is 2.54 bits per heavy atom. The molecule has 2 aromatic rings. The summed E-state index contributed by atoms with van der Waals surface area (Å²) in [6.07, 6.45) is 0. The number of carbonyl (C=O) groups is 2. The third kappa shape index (κ3) is 3.26. The highest BCUT2D eigenvalue weighted by atomic mass is 16.6. The normalized spacial score (nSPS) is 17.6. The van der Waals surface area contributed by atoms with Crippen LogP contribution in [0.15, 0.2) is 45.4 Å². The Morgan fingerprint density at radius 2 is 1.89 bits per heavy atom. The van der Waals surface area contributed by atoms with E-state index in [2.05, 4.69) is 10.3 Å². The van der Waals surface area contributed by atoms with Crippen LogP contribution in [-0.4, -0.2) is 45.9 Å². The largest absolute Gasteiger partial charge is 0.478 e. The molecule has 0 aliphatic carbocycles. The molecule has 0 saturated heterocycles. The number of hydrogen-bond acceptors (Lipinski definition) is 7. The molecule has 8 nitrogen and oxygen atoms in total. The highest BCUT2D eigenvalue weighted by Crippen LogP contribution is 2.43. The van der Waals surface area contributed by atoms with Crippen molar-refractivity contribution < 1.29 is 24.1 Å². The molecule has 0 saturated carbocycles. The van der Waals surface area contributed by atoms with Gasteiger partial charge < -0.3 is 14.7 Å². The van der Waals surface area contributed by atoms with Crippen molar-refractivity contribution in [3.05, 3.63) is 46.3 Å². The van der Waals surface area contributed by atoms with Crippen LogP contribution in [0.1, 0.15) is 39.2 Å². The lowest BCUT2D eigenvalue weighted by Crippen LogP contribution is -2.33. The van der Waals surface area contributed by atoms with Gasteiger partial charge in [-0.25, -0.2) is 14.2 Å². The lowest BCUT2D eigenvalue weighted by atomic mass is 9.79. The number of nitrogens with zero attached hydrogens (tertiary/aromatic N) is 3. The third-order valence-electron chi connectivity index (χ3n) is 4.99. The molecule has 3 rings (SSSR count). The second kappa shape index (κ2) is 7.46. The van der Waals surface area contributed by atoms with E-state index < -0.39 is 17.9 Å². The second-order valence-corrected chi connectivity index (χ2v) is 7.27. The van der Waals surface area contributed by atoms with E-state index in [1.165, 1.54) is 0 Å². The molecule has 148 valence electrons. The number of hydrogen-bond donors (Lipinski definition) is 1. The summed E-state index contributed by atoms with van der Waals surface area (Å²) in [6, 6.07) is 5.19. The maximum absolute atomic E-state index is 13.0. The smallest absolute Gasteiger partial charge is 0.336 e. The molecule has 1 aliphatic heterocycles. The Balaban J connectivity index is 2.23. The van der Waals surface area contributed by atoms with Crippen LogP contribution in [-0.2, 0) is 14.3 Å². The minimum atomic E-state index is -1.11. The zero-order valence-electron chi connectivity index (χ0n) is 16.5. The molecule has 0 radical (unpaired) electrons. The number of rotatable bonds is 5. The topological polar surface area (TPSA) is 106 Å². The fourth-order valence-corrected chi connectivity index (χ4v) is 3.41. The summed E-state index contributed by atoms with van der Waals surface area (Å²) in [5.74, 6) is -2.33. The van der Waals surface area contributed by atoms with Gasteiger partial charge in [-0.3, -0.25) is 0 Å². The number of esters is 1. The number of carboxylic acid groups (broad SMARTS) is 1. The Kier molecular flexibility index (Phi) is 5.22. The SMILES string of the molecule is CC1=C(C(=O)O)C(c2cccc3nonc23)C(C(=O)OCC(C)C)=C(C)N1C. The molecule has 0 amide bonds. The molecular formula is C20H23N3O5. The molecule has 1 unspecified atom stereocenters. The monoisotopic (exact) mass is 385 g/mol. The molecule has 2 heterocycles. The Hall–Kier alpha value is -3.16. The highest BCUT2D eigenvalue weighted by Gasteiger charge is 2.40. The van der Waals surface area contributed by atoms with E-state index in [0.29, 0.717) is 28.0 Å². The van der Waals surface area contributed by atoms with Gasteiger partial charge in [0.05, 0.1) is 23.7 Å². The number of aromatic nitrogens is 2. The zero-order chi connectivity index (χ0) is 20.6. The van der Waals surface area contributed by atoms with E-state index in [1.807, 2.05) is 13.8 Å². The van der Waals surface area contributed by atoms with Crippen molar-refractivity contribution >= 4 is 23.0 Å². The first-order valence-electron chi connectivity index (χ1n) is 9.00. The van der Waals surface area contributed by atoms with Crippen LogP contribution in [0.25, 0.3) is 11.0 Å². The first kappa shape index (κ1) is 19.6. The summed E-state index contributed by atoms with van der Waals surface area (Å²) in [6.45, 7) is 7.62. The van der Waals surface area contributed by atoms with Gasteiger partial charge in [-0.15, -0.1) is 0 Å². The molecule has 0 fully saturated rings. The molecule has 28 heavy (non-hydrogen) atoms. The van der Waals surface area contributed by atoms with Crippen LogP contribution < -0.4 is 0 Å². The first-order valence-corrected chi connectivity index (χ1v) is 9.00. The van der Waals surface area contributed by atoms with Crippen molar-refractivity contribution in [2.75, 3.05) is 13.7 Å². The zero-order valence-corrected chi connectivity index (χ0v) is 16.5. The number of aliphatic carboxylic acids is 1. The van der Waals surface area contributed by atoms with Gasteiger partial charge in [-0.2, -0.15) is 0 Å². The van der Waals surface area contributed by atoms with Gasteiger partial charge in [0, 0.05) is 18.4 Å². The average molecular weight is 385 g/mol. The van der Waals surface area contributed by atoms with Crippen molar-refractivity contribution in [3.8, 4) is 0 Å². The van der Waals surface area contributed by atoms with Crippen LogP contribution in [0.2, 0.25) is 0 Å². The fraction of sp³-hybridized carbons (Fsp3) is 0.400. The quantitative estimate of drug-likeness (QED) is 0.783. The lowest BCUT2D eigenvalue weighted by molar-refractivity contribution is -0.140. The molecule has 1 aliphatic rings. The van der Waals surface area contributed by atoms with Crippen molar-refractivity contribution in [1.82, 2.24) is 15.2 Å². The van der Waals surface area contributed by atoms with E-state index in [-0.39, 0.29) is 23.7 Å². The van der Waals surface area contributed by atoms with Crippen LogP contribution in [0, 0.1) is 5.92 Å². The summed E-state index contributed by atoms with van der Waals surface area (Å²) in [5.41, 5.74) is 3.01. The first-order chi connectivity index (χ1) is 13.2. The number of benzene rings is 1. The Bertz CT molecular complexity index is 1000. The van der Waals surface area contributed by atoms with Gasteiger partial charge in [0.1, 0.15) is 11.0 Å². The van der Waals surface area contributed by atoms with Crippen molar-refractivity contribution in [2.24, 2.45) is 5.92 Å². The molecule has 1 aromatic carbocycles. The van der Waals surface area contributed by atoms with Gasteiger partial charge in [0.2, 0.25) is 0 Å². The number of allylic oxidation sites excluding steroid dienone is 2. The van der Waals surface area contributed by atoms with Gasteiger partial charge in [0.25, 0.3) is 0 Å². The average Bonchev–Trinajstić information content (AvgIpc) is 3.12. The van der Waals surface area contributed by atoms with E-state index in [0.717, 1.165) is 0 Å². The van der Waals surface area contributed by atoms with E-state index in [4.69, 9.17) is 9.37 Å². The predicted molar refractivity (Wildman–Crippen MR) is 101 cm³/mol. The van der Waals surface area contributed by atoms with Crippen LogP contribution in [0.5, 0.6) is 0 Å². The minimum absolute atomic E-state index is 0.0973. The van der Waals surface area contributed by atoms with Crippen LogP contribution in [0.4, 0.5) is 0 Å². The van der Waals surface area contributed by atoms with Gasteiger partial charge in [-0.1, -0.05) is 26.0 Å². The van der Waals surface area contributed by atoms with Crippen molar-refractivity contribution in [1.29, 1.82) is 0 Å². The summed E-state index contributed by atoms with van der Waals surface area (Å²) < 4.78 is 10.3. The third-order valence-corrected chi connectivity index (χ3v) is 4.99. The van der Waals surface area contributed by atoms with Gasteiger partial charge >= 0.3 is 11.9 Å². The molecule has 8 heteroatoms. The summed E-state index contributed by atoms with van der Waals surface area (Å²) in [7, 11) is 1.73. The summed E-state index contributed by atoms with van der Waals surface area (Å²) in [4.78, 5) is 26.9. The standard InChI is InChI=1S/C20H23N3O5/c1-10(2)9-27-20(26)16-12(4)23(5)11(3)15(19(24)25)17(16)13-7-6-8-14-18(13)22-28-21-14/h6-8,10,17H,9H2,1-5H3,(H,24,25). The number of carbonyl (C=O) groups excluding carboxylic acids is 1. The summed E-state index contributed by atoms with van der Waals surface area (Å²) in [5, 5.41) is 17.7. The molecule has 0 bridgehead atoms. The van der Waals surface area contributed by atoms with Crippen molar-refractivity contribution in [2.45, 2.75) is 33.6 Å². The maximum atomic E-state index is 13.0. The van der Waals surface area contributed by atoms with E-state index in [9.17, 15) is 14.7 Å². The molecule has 1 aromatic heterocycles. The van der Waals surface area contributed by atoms with Crippen LogP contribution >= 0.6 is 0 Å². The highest BCUT2D eigenvalue weighted by molar-refractivity contribution is 6.00. The van der Waals surface area contributed by atoms with E-state index >= 15 is 0 Å². The molecular weight excluding hydrogens is 362 g/mol. The number of fused-ring (bicyclic) bond motifs is 1. The Morgan fingerprint density at radius 1 is 1.21 bits per heavy atom. The molecule has 0 spiro atoms. The minimum Gasteiger partial charge on any atom is -0.478 e. The lowest BCUT2D eigenvalue weighted by Gasteiger charge is -2.35. The van der Waals surface area contributed by atoms with Gasteiger partial charge in [-0.05, 0) is 41.7 Å². The number of carboxylic acids is 1. The summed E-state index contributed by atoms with van der Waals surface area (Å²) >= 11 is 0. The number of ether oxygens (including phenoxy) is 1. The Labute approximate surface area is 162 Å². The predicted octanol–water partition coefficient (Wildman–Crippen LogP) is 3.08. The maximum Gasteiger partial charge on any atom is 0.336 e.